The molecule has 1 aromatic carbocycles. The van der Waals surface area contributed by atoms with Crippen LogP contribution in [0, 0.1) is 10.1 Å². The third-order valence-corrected chi connectivity index (χ3v) is 4.14. The minimum Gasteiger partial charge on any atom is -0.304 e. The van der Waals surface area contributed by atoms with E-state index in [-0.39, 0.29) is 25.1 Å². The SMILES string of the molecule is C=CCOP(=O)(Cc1ccc([N+](=O)[O-])cc1)OCC=C. The predicted molar refractivity (Wildman–Crippen MR) is 76.7 cm³/mol. The van der Waals surface area contributed by atoms with E-state index in [0.29, 0.717) is 5.56 Å². The molecule has 0 spiro atoms. The molecule has 0 fully saturated rings. The van der Waals surface area contributed by atoms with Gasteiger partial charge in [0, 0.05) is 12.1 Å². The van der Waals surface area contributed by atoms with Gasteiger partial charge in [0.25, 0.3) is 5.69 Å². The van der Waals surface area contributed by atoms with Gasteiger partial charge in [-0.25, -0.2) is 0 Å². The minimum absolute atomic E-state index is 0.0254. The summed E-state index contributed by atoms with van der Waals surface area (Å²) in [6.07, 6.45) is 2.98. The molecule has 0 radical (unpaired) electrons. The summed E-state index contributed by atoms with van der Waals surface area (Å²) >= 11 is 0. The number of hydrogen-bond acceptors (Lipinski definition) is 5. The van der Waals surface area contributed by atoms with E-state index in [4.69, 9.17) is 9.05 Å². The van der Waals surface area contributed by atoms with Crippen molar-refractivity contribution >= 4 is 13.3 Å². The Morgan fingerprint density at radius 2 is 1.65 bits per heavy atom. The smallest absolute Gasteiger partial charge is 0.304 e. The third kappa shape index (κ3) is 5.09. The second-order valence-electron chi connectivity index (χ2n) is 3.86. The Kier molecular flexibility index (Phi) is 6.31. The minimum atomic E-state index is -3.33. The topological polar surface area (TPSA) is 78.7 Å². The van der Waals surface area contributed by atoms with Gasteiger partial charge in [-0.3, -0.25) is 14.7 Å². The zero-order chi connectivity index (χ0) is 15.0. The van der Waals surface area contributed by atoms with E-state index in [2.05, 4.69) is 13.2 Å². The molecule has 7 heteroatoms. The van der Waals surface area contributed by atoms with Crippen LogP contribution in [0.1, 0.15) is 5.56 Å². The summed E-state index contributed by atoms with van der Waals surface area (Å²) < 4.78 is 22.8. The van der Waals surface area contributed by atoms with Crippen LogP contribution in [-0.4, -0.2) is 18.1 Å². The maximum absolute atomic E-state index is 12.4. The number of hydrogen-bond donors (Lipinski definition) is 0. The fourth-order valence-electron chi connectivity index (χ4n) is 1.41. The first-order chi connectivity index (χ1) is 9.50. The Hall–Kier alpha value is -1.75. The highest BCUT2D eigenvalue weighted by molar-refractivity contribution is 7.53. The molecule has 0 saturated heterocycles. The van der Waals surface area contributed by atoms with Gasteiger partial charge in [0.15, 0.2) is 0 Å². The molecule has 108 valence electrons. The van der Waals surface area contributed by atoms with Crippen LogP contribution in [0.4, 0.5) is 5.69 Å². The maximum atomic E-state index is 12.4. The summed E-state index contributed by atoms with van der Waals surface area (Å²) in [4.78, 5) is 10.1. The van der Waals surface area contributed by atoms with Crippen LogP contribution in [0.2, 0.25) is 0 Å². The van der Waals surface area contributed by atoms with Crippen molar-refractivity contribution in [2.75, 3.05) is 13.2 Å². The summed E-state index contributed by atoms with van der Waals surface area (Å²) in [6.45, 7) is 7.17. The van der Waals surface area contributed by atoms with Crippen LogP contribution < -0.4 is 0 Å². The Bertz CT molecular complexity index is 510. The summed E-state index contributed by atoms with van der Waals surface area (Å²) in [5.41, 5.74) is 0.606. The first-order valence-electron chi connectivity index (χ1n) is 5.84. The second-order valence-corrected chi connectivity index (χ2v) is 5.92. The average Bonchev–Trinajstić information content (AvgIpc) is 2.44. The predicted octanol–water partition coefficient (Wildman–Crippen LogP) is 3.69. The van der Waals surface area contributed by atoms with Crippen molar-refractivity contribution in [2.45, 2.75) is 6.16 Å². The van der Waals surface area contributed by atoms with Crippen molar-refractivity contribution in [2.24, 2.45) is 0 Å². The van der Waals surface area contributed by atoms with Crippen LogP contribution in [0.3, 0.4) is 0 Å². The summed E-state index contributed by atoms with van der Waals surface area (Å²) in [5.74, 6) is 0. The maximum Gasteiger partial charge on any atom is 0.335 e. The van der Waals surface area contributed by atoms with E-state index >= 15 is 0 Å². The molecule has 0 aliphatic heterocycles. The van der Waals surface area contributed by atoms with E-state index < -0.39 is 12.5 Å². The van der Waals surface area contributed by atoms with Gasteiger partial charge in [0.2, 0.25) is 0 Å². The molecular formula is C13H16NO5P. The van der Waals surface area contributed by atoms with Gasteiger partial charge < -0.3 is 9.05 Å². The van der Waals surface area contributed by atoms with Crippen molar-refractivity contribution in [3.05, 3.63) is 65.3 Å². The Morgan fingerprint density at radius 3 is 2.05 bits per heavy atom. The first-order valence-corrected chi connectivity index (χ1v) is 7.57. The molecule has 1 aromatic rings. The molecule has 0 atom stereocenters. The van der Waals surface area contributed by atoms with Crippen LogP contribution in [0.5, 0.6) is 0 Å². The van der Waals surface area contributed by atoms with Gasteiger partial charge in [-0.15, -0.1) is 13.2 Å². The van der Waals surface area contributed by atoms with Crippen molar-refractivity contribution in [3.63, 3.8) is 0 Å². The van der Waals surface area contributed by atoms with Crippen molar-refractivity contribution < 1.29 is 18.5 Å². The van der Waals surface area contributed by atoms with E-state index in [1.54, 1.807) is 0 Å². The Morgan fingerprint density at radius 1 is 1.15 bits per heavy atom. The highest BCUT2D eigenvalue weighted by atomic mass is 31.2. The first kappa shape index (κ1) is 16.3. The third-order valence-electron chi connectivity index (χ3n) is 2.30. The average molecular weight is 297 g/mol. The highest BCUT2D eigenvalue weighted by Gasteiger charge is 2.24. The monoisotopic (exact) mass is 297 g/mol. The number of nitro benzene ring substituents is 1. The largest absolute Gasteiger partial charge is 0.335 e. The molecule has 6 nitrogen and oxygen atoms in total. The van der Waals surface area contributed by atoms with Gasteiger partial charge in [-0.2, -0.15) is 0 Å². The van der Waals surface area contributed by atoms with Crippen LogP contribution in [0.15, 0.2) is 49.6 Å². The van der Waals surface area contributed by atoms with E-state index in [1.807, 2.05) is 0 Å². The molecule has 1 rings (SSSR count). The molecule has 0 bridgehead atoms. The second kappa shape index (κ2) is 7.75. The van der Waals surface area contributed by atoms with E-state index in [0.717, 1.165) is 0 Å². The summed E-state index contributed by atoms with van der Waals surface area (Å²) in [5, 5.41) is 10.6. The van der Waals surface area contributed by atoms with Gasteiger partial charge in [-0.1, -0.05) is 24.3 Å². The van der Waals surface area contributed by atoms with Crippen molar-refractivity contribution in [1.82, 2.24) is 0 Å². The quantitative estimate of drug-likeness (QED) is 0.300. The molecule has 0 aliphatic carbocycles. The van der Waals surface area contributed by atoms with E-state index in [9.17, 15) is 14.7 Å². The number of benzene rings is 1. The molecular weight excluding hydrogens is 281 g/mol. The van der Waals surface area contributed by atoms with E-state index in [1.165, 1.54) is 36.4 Å². The Labute approximate surface area is 117 Å². The molecule has 0 unspecified atom stereocenters. The lowest BCUT2D eigenvalue weighted by Gasteiger charge is -2.17. The lowest BCUT2D eigenvalue weighted by Crippen LogP contribution is -2.00. The molecule has 20 heavy (non-hydrogen) atoms. The molecule has 0 saturated carbocycles. The zero-order valence-electron chi connectivity index (χ0n) is 10.9. The number of nitrogens with zero attached hydrogens (tertiary/aromatic N) is 1. The lowest BCUT2D eigenvalue weighted by atomic mass is 10.2. The number of rotatable bonds is 9. The molecule has 0 heterocycles. The van der Waals surface area contributed by atoms with Crippen molar-refractivity contribution in [3.8, 4) is 0 Å². The van der Waals surface area contributed by atoms with Gasteiger partial charge in [-0.05, 0) is 5.56 Å². The normalized spacial score (nSPS) is 11.0. The van der Waals surface area contributed by atoms with Gasteiger partial charge in [0.1, 0.15) is 0 Å². The van der Waals surface area contributed by atoms with Gasteiger partial charge >= 0.3 is 7.60 Å². The van der Waals surface area contributed by atoms with Crippen LogP contribution in [0.25, 0.3) is 0 Å². The molecule has 0 aromatic heterocycles. The number of nitro groups is 1. The summed E-state index contributed by atoms with van der Waals surface area (Å²) in [7, 11) is -3.33. The van der Waals surface area contributed by atoms with Crippen molar-refractivity contribution in [1.29, 1.82) is 0 Å². The zero-order valence-corrected chi connectivity index (χ0v) is 11.8. The fraction of sp³-hybridized carbons (Fsp3) is 0.231. The lowest BCUT2D eigenvalue weighted by molar-refractivity contribution is -0.384. The highest BCUT2D eigenvalue weighted by Crippen LogP contribution is 2.51. The van der Waals surface area contributed by atoms with Crippen LogP contribution >= 0.6 is 7.60 Å². The fourth-order valence-corrected chi connectivity index (χ4v) is 2.99. The molecule has 0 N–H and O–H groups in total. The standard InChI is InChI=1S/C13H16NO5P/c1-3-9-18-20(17,19-10-4-2)11-12-5-7-13(8-6-12)14(15)16/h3-8H,1-2,9-11H2. The van der Waals surface area contributed by atoms with Gasteiger partial charge in [0.05, 0.1) is 24.3 Å². The molecule has 0 amide bonds. The summed E-state index contributed by atoms with van der Waals surface area (Å²) in [6, 6.07) is 5.75. The number of non-ortho nitro benzene ring substituents is 1. The molecule has 0 aliphatic rings. The Balaban J connectivity index is 2.82. The van der Waals surface area contributed by atoms with Crippen LogP contribution in [-0.2, 0) is 19.8 Å².